The van der Waals surface area contributed by atoms with Gasteiger partial charge in [-0.3, -0.25) is 4.79 Å². The van der Waals surface area contributed by atoms with Gasteiger partial charge >= 0.3 is 6.09 Å². The molecule has 0 saturated carbocycles. The number of nitrogens with one attached hydrogen (secondary N) is 3. The molecule has 0 radical (unpaired) electrons. The number of amides is 1. The highest BCUT2D eigenvalue weighted by molar-refractivity contribution is 6.31. The second kappa shape index (κ2) is 34.8. The van der Waals surface area contributed by atoms with Gasteiger partial charge in [-0.25, -0.2) is 9.78 Å². The fourth-order valence-corrected chi connectivity index (χ4v) is 3.78. The number of unbranched alkanes of at least 4 members (excludes halogenated alkanes) is 1. The number of benzene rings is 1. The van der Waals surface area contributed by atoms with Crippen LogP contribution in [0.4, 0.5) is 4.79 Å². The predicted octanol–water partition coefficient (Wildman–Crippen LogP) is 11.9. The number of fused-ring (bicyclic) bond motifs is 1. The van der Waals surface area contributed by atoms with E-state index in [2.05, 4.69) is 66.4 Å². The number of alkyl carbamates (subject to hydrolysis) is 1. The number of ether oxygens (including phenoxy) is 1. The molecule has 0 spiro atoms. The van der Waals surface area contributed by atoms with Crippen LogP contribution in [0.3, 0.4) is 0 Å². The van der Waals surface area contributed by atoms with E-state index >= 15 is 0 Å². The number of carbonyl (C=O) groups is 2. The van der Waals surface area contributed by atoms with Crippen molar-refractivity contribution in [2.24, 2.45) is 5.92 Å². The molecule has 2 rings (SSSR count). The predicted molar refractivity (Wildman–Crippen MR) is 211 cm³/mol. The van der Waals surface area contributed by atoms with Crippen molar-refractivity contribution in [3.8, 4) is 12.3 Å². The quantitative estimate of drug-likeness (QED) is 0.0842. The van der Waals surface area contributed by atoms with Gasteiger partial charge in [0.1, 0.15) is 17.7 Å². The highest BCUT2D eigenvalue weighted by Crippen LogP contribution is 2.23. The van der Waals surface area contributed by atoms with Gasteiger partial charge in [0.05, 0.1) is 17.1 Å². The number of nitrogens with zero attached hydrogens (tertiary/aromatic N) is 1. The van der Waals surface area contributed by atoms with Crippen molar-refractivity contribution in [3.63, 3.8) is 0 Å². The lowest BCUT2D eigenvalue weighted by Crippen LogP contribution is -2.34. The largest absolute Gasteiger partial charge is 0.444 e. The zero-order valence-corrected chi connectivity index (χ0v) is 33.3. The van der Waals surface area contributed by atoms with E-state index in [9.17, 15) is 9.59 Å². The highest BCUT2D eigenvalue weighted by atomic mass is 35.5. The number of hydrogen-bond acceptors (Lipinski definition) is 5. The maximum atomic E-state index is 11.3. The number of hydrogen-bond donors (Lipinski definition) is 3. The first kappa shape index (κ1) is 51.3. The van der Waals surface area contributed by atoms with Gasteiger partial charge in [-0.15, -0.1) is 12.3 Å². The fourth-order valence-electron chi connectivity index (χ4n) is 3.60. The normalized spacial score (nSPS) is 11.2. The van der Waals surface area contributed by atoms with Crippen LogP contribution >= 0.6 is 11.6 Å². The Morgan fingerprint density at radius 1 is 1.12 bits per heavy atom. The second-order valence-electron chi connectivity index (χ2n) is 11.2. The second-order valence-corrected chi connectivity index (χ2v) is 11.7. The Kier molecular flexibility index (Phi) is 37.2. The molecule has 48 heavy (non-hydrogen) atoms. The lowest BCUT2D eigenvalue weighted by molar-refractivity contribution is -0.104. The van der Waals surface area contributed by atoms with Gasteiger partial charge in [0.15, 0.2) is 0 Å². The van der Waals surface area contributed by atoms with Crippen LogP contribution in [-0.2, 0) is 9.53 Å². The SMILES string of the molecule is C#CC.C/C=C/C=O.C=C(C/C=C\C)NC(CCC)c1nc2ccc(Cl)cc2[nH]1.CC.CC.CCCCC(C)CNC(=O)OC(C)(C)C. The smallest absolute Gasteiger partial charge is 0.407 e. The third-order valence-electron chi connectivity index (χ3n) is 5.66. The van der Waals surface area contributed by atoms with Gasteiger partial charge in [-0.2, -0.15) is 0 Å². The molecule has 7 nitrogen and oxygen atoms in total. The van der Waals surface area contributed by atoms with Crippen LogP contribution in [0.25, 0.3) is 11.0 Å². The van der Waals surface area contributed by atoms with Gasteiger partial charge in [0, 0.05) is 23.7 Å². The summed E-state index contributed by atoms with van der Waals surface area (Å²) in [5.74, 6) is 3.72. The van der Waals surface area contributed by atoms with E-state index < -0.39 is 5.60 Å². The third kappa shape index (κ3) is 31.1. The molecule has 0 bridgehead atoms. The van der Waals surface area contributed by atoms with Gasteiger partial charge < -0.3 is 20.4 Å². The average molecular weight is 689 g/mol. The van der Waals surface area contributed by atoms with Crippen LogP contribution in [0.1, 0.15) is 140 Å². The number of H-pyrrole nitrogens is 1. The van der Waals surface area contributed by atoms with Gasteiger partial charge in [0.2, 0.25) is 0 Å². The van der Waals surface area contributed by atoms with Crippen molar-refractivity contribution in [3.05, 3.63) is 65.6 Å². The number of aromatic nitrogens is 2. The van der Waals surface area contributed by atoms with Gasteiger partial charge in [-0.05, 0) is 84.6 Å². The summed E-state index contributed by atoms with van der Waals surface area (Å²) < 4.78 is 5.14. The summed E-state index contributed by atoms with van der Waals surface area (Å²) in [7, 11) is 0. The summed E-state index contributed by atoms with van der Waals surface area (Å²) >= 11 is 6.03. The zero-order valence-electron chi connectivity index (χ0n) is 32.6. The van der Waals surface area contributed by atoms with Crippen molar-refractivity contribution in [2.45, 2.75) is 140 Å². The summed E-state index contributed by atoms with van der Waals surface area (Å²) in [6, 6.07) is 5.86. The Morgan fingerprint density at radius 2 is 1.73 bits per heavy atom. The Bertz CT molecular complexity index is 1170. The van der Waals surface area contributed by atoms with E-state index in [1.165, 1.54) is 18.9 Å². The lowest BCUT2D eigenvalue weighted by atomic mass is 10.1. The fraction of sp³-hybridized carbons (Fsp3) is 0.575. The van der Waals surface area contributed by atoms with Gasteiger partial charge in [0.25, 0.3) is 0 Å². The maximum Gasteiger partial charge on any atom is 0.407 e. The highest BCUT2D eigenvalue weighted by Gasteiger charge is 2.17. The van der Waals surface area contributed by atoms with Crippen molar-refractivity contribution in [1.82, 2.24) is 20.6 Å². The first-order valence-corrected chi connectivity index (χ1v) is 17.8. The van der Waals surface area contributed by atoms with Crippen LogP contribution < -0.4 is 10.6 Å². The molecule has 2 unspecified atom stereocenters. The van der Waals surface area contributed by atoms with Crippen molar-refractivity contribution in [1.29, 1.82) is 0 Å². The van der Waals surface area contributed by atoms with Crippen LogP contribution in [0.5, 0.6) is 0 Å². The molecule has 1 heterocycles. The summed E-state index contributed by atoms with van der Waals surface area (Å²) in [5, 5.41) is 6.98. The average Bonchev–Trinajstić information content (AvgIpc) is 3.47. The molecule has 1 amide bonds. The number of allylic oxidation sites excluding steroid dienone is 4. The number of halogens is 1. The van der Waals surface area contributed by atoms with Crippen molar-refractivity contribution >= 4 is 35.0 Å². The first-order valence-electron chi connectivity index (χ1n) is 17.4. The molecule has 0 aliphatic heterocycles. The molecule has 3 N–H and O–H groups in total. The summed E-state index contributed by atoms with van der Waals surface area (Å²) in [4.78, 5) is 28.7. The molecule has 8 heteroatoms. The van der Waals surface area contributed by atoms with E-state index in [1.807, 2.05) is 79.7 Å². The Morgan fingerprint density at radius 3 is 2.19 bits per heavy atom. The molecular formula is C40H69ClN4O3. The number of aldehydes is 1. The van der Waals surface area contributed by atoms with Gasteiger partial charge in [-0.1, -0.05) is 104 Å². The first-order chi connectivity index (χ1) is 22.8. The number of carbonyl (C=O) groups excluding carboxylic acids is 2. The van der Waals surface area contributed by atoms with Crippen LogP contribution in [0, 0.1) is 18.3 Å². The zero-order chi connectivity index (χ0) is 38.0. The number of terminal acetylenes is 1. The molecule has 1 aromatic carbocycles. The molecule has 0 aliphatic rings. The Balaban J connectivity index is -0.000000312. The third-order valence-corrected chi connectivity index (χ3v) is 5.90. The molecule has 1 aromatic heterocycles. The summed E-state index contributed by atoms with van der Waals surface area (Å²) in [6.45, 7) is 30.3. The molecular weight excluding hydrogens is 620 g/mol. The van der Waals surface area contributed by atoms with E-state index in [-0.39, 0.29) is 12.1 Å². The van der Waals surface area contributed by atoms with E-state index in [0.29, 0.717) is 12.5 Å². The topological polar surface area (TPSA) is 96.1 Å². The molecule has 0 aliphatic carbocycles. The number of imidazole rings is 1. The number of rotatable bonds is 13. The molecule has 274 valence electrons. The minimum Gasteiger partial charge on any atom is -0.444 e. The van der Waals surface area contributed by atoms with E-state index in [0.717, 1.165) is 59.5 Å². The molecule has 0 saturated heterocycles. The standard InChI is InChI=1S/C17H22ClN3.C12H25NO2.C4H6O.C3H4.2C2H6/c1-4-6-8-12(3)19-15(7-5-2)17-20-14-10-9-13(18)11-16(14)21-17;1-6-7-8-10(2)9-13-11(14)15-12(3,4)5;1-2-3-4-5;1-3-2;2*1-2/h4,6,9-11,15,19H,3,5,7-8H2,1-2H3,(H,20,21);10H,6-9H2,1-5H3,(H,13,14);2-4H,1H3;1H,2H3;2*1-2H3/b6-4-;;3-2+;;;. The minimum absolute atomic E-state index is 0.152. The maximum absolute atomic E-state index is 11.3. The van der Waals surface area contributed by atoms with Crippen LogP contribution in [0.15, 0.2) is 54.8 Å². The van der Waals surface area contributed by atoms with Crippen molar-refractivity contribution in [2.75, 3.05) is 6.54 Å². The summed E-state index contributed by atoms with van der Waals surface area (Å²) in [6.07, 6.45) is 18.8. The monoisotopic (exact) mass is 689 g/mol. The Labute approximate surface area is 299 Å². The Hall–Kier alpha value is -3.50. The lowest BCUT2D eigenvalue weighted by Gasteiger charge is -2.20. The van der Waals surface area contributed by atoms with E-state index in [4.69, 9.17) is 16.3 Å². The van der Waals surface area contributed by atoms with Crippen LogP contribution in [-0.4, -0.2) is 34.5 Å². The number of aromatic amines is 1. The van der Waals surface area contributed by atoms with Crippen molar-refractivity contribution < 1.29 is 14.3 Å². The van der Waals surface area contributed by atoms with E-state index in [1.54, 1.807) is 19.9 Å². The summed E-state index contributed by atoms with van der Waals surface area (Å²) in [5.41, 5.74) is 2.51. The molecule has 2 aromatic rings. The molecule has 0 fully saturated rings. The molecule has 2 atom stereocenters. The van der Waals surface area contributed by atoms with Crippen LogP contribution in [0.2, 0.25) is 5.02 Å². The minimum atomic E-state index is -0.406.